The highest BCUT2D eigenvalue weighted by atomic mass is 16.3. The molecule has 0 aliphatic heterocycles. The van der Waals surface area contributed by atoms with E-state index in [0.717, 1.165) is 0 Å². The number of aromatic nitrogens is 2. The molecule has 1 aromatic heterocycles. The van der Waals surface area contributed by atoms with Crippen LogP contribution in [0.25, 0.3) is 5.69 Å². The first-order chi connectivity index (χ1) is 10.3. The van der Waals surface area contributed by atoms with Crippen LogP contribution in [0.15, 0.2) is 70.9 Å². The van der Waals surface area contributed by atoms with Gasteiger partial charge < -0.3 is 10.8 Å². The van der Waals surface area contributed by atoms with Gasteiger partial charge in [-0.3, -0.25) is 0 Å². The van der Waals surface area contributed by atoms with E-state index >= 15 is 0 Å². The molecular weight excluding hydrogens is 266 g/mol. The van der Waals surface area contributed by atoms with E-state index in [-0.39, 0.29) is 17.4 Å². The lowest BCUT2D eigenvalue weighted by molar-refractivity contribution is 0.434. The fraction of sp³-hybridized carbons (Fsp3) is 0. The summed E-state index contributed by atoms with van der Waals surface area (Å²) in [4.78, 5) is 0. The Labute approximate surface area is 121 Å². The van der Waals surface area contributed by atoms with E-state index in [1.165, 1.54) is 4.68 Å². The Hall–Kier alpha value is -3.15. The van der Waals surface area contributed by atoms with Crippen molar-refractivity contribution >= 4 is 17.2 Å². The zero-order chi connectivity index (χ0) is 14.7. The predicted octanol–water partition coefficient (Wildman–Crippen LogP) is 3.58. The first-order valence-corrected chi connectivity index (χ1v) is 6.35. The third-order valence-electron chi connectivity index (χ3n) is 2.89. The van der Waals surface area contributed by atoms with Crippen LogP contribution in [0.1, 0.15) is 0 Å². The van der Waals surface area contributed by atoms with E-state index in [1.807, 2.05) is 48.5 Å². The molecule has 0 aliphatic rings. The Morgan fingerprint density at radius 1 is 0.905 bits per heavy atom. The maximum Gasteiger partial charge on any atom is 0.245 e. The minimum Gasteiger partial charge on any atom is -0.492 e. The monoisotopic (exact) mass is 279 g/mol. The molecule has 104 valence electrons. The summed E-state index contributed by atoms with van der Waals surface area (Å²) in [5, 5.41) is 22.3. The van der Waals surface area contributed by atoms with Gasteiger partial charge in [-0.1, -0.05) is 36.4 Å². The van der Waals surface area contributed by atoms with Gasteiger partial charge >= 0.3 is 0 Å². The minimum atomic E-state index is -0.140. The third-order valence-corrected chi connectivity index (χ3v) is 2.89. The molecule has 21 heavy (non-hydrogen) atoms. The van der Waals surface area contributed by atoms with Crippen molar-refractivity contribution in [1.29, 1.82) is 0 Å². The summed E-state index contributed by atoms with van der Waals surface area (Å²) >= 11 is 0. The summed E-state index contributed by atoms with van der Waals surface area (Å²) in [6.45, 7) is 0. The standard InChI is InChI=1S/C15H13N5O/c16-14-13(18-17-11-7-3-1-4-8-11)15(21)20(19-14)12-9-5-2-6-10-12/h1-10,21H,(H2,16,19)/b18-17+. The van der Waals surface area contributed by atoms with E-state index in [4.69, 9.17) is 5.73 Å². The lowest BCUT2D eigenvalue weighted by atomic mass is 10.3. The molecule has 0 saturated carbocycles. The van der Waals surface area contributed by atoms with Crippen molar-refractivity contribution in [3.8, 4) is 11.6 Å². The highest BCUT2D eigenvalue weighted by Gasteiger charge is 2.16. The van der Waals surface area contributed by atoms with Gasteiger partial charge in [0.25, 0.3) is 0 Å². The Morgan fingerprint density at radius 3 is 2.19 bits per heavy atom. The Balaban J connectivity index is 1.98. The molecule has 3 aromatic rings. The summed E-state index contributed by atoms with van der Waals surface area (Å²) < 4.78 is 1.33. The molecule has 3 rings (SSSR count). The van der Waals surface area contributed by atoms with Gasteiger partial charge in [0.2, 0.25) is 5.88 Å². The number of rotatable bonds is 3. The highest BCUT2D eigenvalue weighted by molar-refractivity contribution is 5.65. The van der Waals surface area contributed by atoms with Gasteiger partial charge in [-0.2, -0.15) is 9.80 Å². The Morgan fingerprint density at radius 2 is 1.52 bits per heavy atom. The average Bonchev–Trinajstić information content (AvgIpc) is 2.82. The van der Waals surface area contributed by atoms with Gasteiger partial charge in [0.1, 0.15) is 0 Å². The fourth-order valence-electron chi connectivity index (χ4n) is 1.86. The second-order valence-electron chi connectivity index (χ2n) is 4.34. The van der Waals surface area contributed by atoms with Crippen molar-refractivity contribution in [3.05, 3.63) is 60.7 Å². The molecular formula is C15H13N5O. The molecule has 3 N–H and O–H groups in total. The van der Waals surface area contributed by atoms with Gasteiger partial charge in [0, 0.05) is 0 Å². The molecule has 0 saturated heterocycles. The number of para-hydroxylation sites is 1. The lowest BCUT2D eigenvalue weighted by Gasteiger charge is -2.01. The summed E-state index contributed by atoms with van der Waals surface area (Å²) in [6.07, 6.45) is 0. The maximum atomic E-state index is 10.2. The fourth-order valence-corrected chi connectivity index (χ4v) is 1.86. The predicted molar refractivity (Wildman–Crippen MR) is 80.3 cm³/mol. The molecule has 0 spiro atoms. The minimum absolute atomic E-state index is 0.121. The van der Waals surface area contributed by atoms with Gasteiger partial charge in [0.05, 0.1) is 11.4 Å². The molecule has 6 heteroatoms. The van der Waals surface area contributed by atoms with Crippen molar-refractivity contribution in [1.82, 2.24) is 9.78 Å². The quantitative estimate of drug-likeness (QED) is 0.718. The topological polar surface area (TPSA) is 88.8 Å². The summed E-state index contributed by atoms with van der Waals surface area (Å²) in [7, 11) is 0. The van der Waals surface area contributed by atoms with Crippen molar-refractivity contribution in [2.75, 3.05) is 5.73 Å². The Kier molecular flexibility index (Phi) is 3.34. The van der Waals surface area contributed by atoms with Crippen molar-refractivity contribution in [3.63, 3.8) is 0 Å². The first-order valence-electron chi connectivity index (χ1n) is 6.35. The van der Waals surface area contributed by atoms with Crippen molar-refractivity contribution in [2.45, 2.75) is 0 Å². The van der Waals surface area contributed by atoms with Crippen LogP contribution in [-0.4, -0.2) is 14.9 Å². The number of nitrogens with two attached hydrogens (primary N) is 1. The van der Waals surface area contributed by atoms with Crippen molar-refractivity contribution in [2.24, 2.45) is 10.2 Å². The molecule has 2 aromatic carbocycles. The highest BCUT2D eigenvalue weighted by Crippen LogP contribution is 2.35. The van der Waals surface area contributed by atoms with Gasteiger partial charge in [-0.05, 0) is 24.3 Å². The number of anilines is 1. The number of nitrogen functional groups attached to an aromatic ring is 1. The van der Waals surface area contributed by atoms with Crippen molar-refractivity contribution < 1.29 is 5.11 Å². The van der Waals surface area contributed by atoms with Crippen LogP contribution in [0.2, 0.25) is 0 Å². The Bertz CT molecular complexity index is 766. The number of benzene rings is 2. The van der Waals surface area contributed by atoms with Crippen LogP contribution in [0.3, 0.4) is 0 Å². The van der Waals surface area contributed by atoms with Crippen LogP contribution in [-0.2, 0) is 0 Å². The van der Waals surface area contributed by atoms with E-state index in [0.29, 0.717) is 11.4 Å². The second kappa shape index (κ2) is 5.46. The van der Waals surface area contributed by atoms with Gasteiger partial charge in [0.15, 0.2) is 11.5 Å². The van der Waals surface area contributed by atoms with Gasteiger partial charge in [-0.15, -0.1) is 10.2 Å². The smallest absolute Gasteiger partial charge is 0.245 e. The molecule has 0 atom stereocenters. The van der Waals surface area contributed by atoms with Crippen LogP contribution >= 0.6 is 0 Å². The van der Waals surface area contributed by atoms with Crippen LogP contribution in [0.4, 0.5) is 17.2 Å². The summed E-state index contributed by atoms with van der Waals surface area (Å²) in [6, 6.07) is 18.4. The van der Waals surface area contributed by atoms with Crippen LogP contribution in [0, 0.1) is 0 Å². The molecule has 0 amide bonds. The molecule has 1 heterocycles. The molecule has 0 unspecified atom stereocenters. The van der Waals surface area contributed by atoms with Crippen LogP contribution in [0.5, 0.6) is 5.88 Å². The zero-order valence-electron chi connectivity index (χ0n) is 11.1. The van der Waals surface area contributed by atoms with E-state index in [1.54, 1.807) is 12.1 Å². The molecule has 0 bridgehead atoms. The SMILES string of the molecule is Nc1nn(-c2ccccc2)c(O)c1/N=N/c1ccccc1. The largest absolute Gasteiger partial charge is 0.492 e. The van der Waals surface area contributed by atoms with Crippen LogP contribution < -0.4 is 5.73 Å². The van der Waals surface area contributed by atoms with E-state index in [2.05, 4.69) is 15.3 Å². The van der Waals surface area contributed by atoms with Gasteiger partial charge in [-0.25, -0.2) is 0 Å². The van der Waals surface area contributed by atoms with E-state index < -0.39 is 0 Å². The normalized spacial score (nSPS) is 11.0. The number of azo groups is 1. The maximum absolute atomic E-state index is 10.2. The number of hydrogen-bond acceptors (Lipinski definition) is 5. The summed E-state index contributed by atoms with van der Waals surface area (Å²) in [5.41, 5.74) is 7.32. The first kappa shape index (κ1) is 12.9. The second-order valence-corrected chi connectivity index (χ2v) is 4.34. The third kappa shape index (κ3) is 2.59. The lowest BCUT2D eigenvalue weighted by Crippen LogP contribution is -1.96. The number of hydrogen-bond donors (Lipinski definition) is 2. The molecule has 6 nitrogen and oxygen atoms in total. The zero-order valence-corrected chi connectivity index (χ0v) is 11.1. The average molecular weight is 279 g/mol. The number of aromatic hydroxyl groups is 1. The molecule has 0 aliphatic carbocycles. The van der Waals surface area contributed by atoms with E-state index in [9.17, 15) is 5.11 Å². The molecule has 0 fully saturated rings. The number of nitrogens with zero attached hydrogens (tertiary/aromatic N) is 4. The molecule has 0 radical (unpaired) electrons. The summed E-state index contributed by atoms with van der Waals surface area (Å²) in [5.74, 6) is -0.0191.